The van der Waals surface area contributed by atoms with Crippen LogP contribution in [0.1, 0.15) is 30.9 Å². The van der Waals surface area contributed by atoms with Crippen LogP contribution in [0.3, 0.4) is 0 Å². The van der Waals surface area contributed by atoms with Gasteiger partial charge in [-0.2, -0.15) is 0 Å². The number of amides is 1. The number of hydrogen-bond acceptors (Lipinski definition) is 3. The number of aryl methyl sites for hydroxylation is 2. The third kappa shape index (κ3) is 6.02. The molecule has 1 amide bonds. The molecule has 0 saturated heterocycles. The summed E-state index contributed by atoms with van der Waals surface area (Å²) in [5.74, 6) is 0.477. The number of benzene rings is 1. The summed E-state index contributed by atoms with van der Waals surface area (Å²) in [7, 11) is 0. The molecule has 0 spiro atoms. The van der Waals surface area contributed by atoms with Gasteiger partial charge in [-0.1, -0.05) is 25.5 Å². The zero-order valence-corrected chi connectivity index (χ0v) is 13.1. The van der Waals surface area contributed by atoms with Gasteiger partial charge in [-0.15, -0.1) is 0 Å². The maximum atomic E-state index is 11.7. The van der Waals surface area contributed by atoms with Crippen molar-refractivity contribution in [3.8, 4) is 5.75 Å². The number of carbonyl (C=O) groups excluding carboxylic acids is 1. The average molecular weight is 294 g/mol. The van der Waals surface area contributed by atoms with Gasteiger partial charge in [0.05, 0.1) is 0 Å². The van der Waals surface area contributed by atoms with E-state index in [1.165, 1.54) is 0 Å². The summed E-state index contributed by atoms with van der Waals surface area (Å²) in [5, 5.41) is 5.93. The van der Waals surface area contributed by atoms with E-state index in [-0.39, 0.29) is 12.5 Å². The van der Waals surface area contributed by atoms with Crippen LogP contribution in [0.15, 0.2) is 18.2 Å². The summed E-state index contributed by atoms with van der Waals surface area (Å²) in [4.78, 5) is 11.7. The van der Waals surface area contributed by atoms with Crippen molar-refractivity contribution in [2.75, 3.05) is 13.2 Å². The molecule has 4 nitrogen and oxygen atoms in total. The van der Waals surface area contributed by atoms with Gasteiger partial charge < -0.3 is 15.4 Å². The molecule has 110 valence electrons. The molecule has 5 heteroatoms. The molecule has 0 atom stereocenters. The molecular formula is C15H22N2O2S. The normalized spacial score (nSPS) is 9.95. The summed E-state index contributed by atoms with van der Waals surface area (Å²) < 4.78 is 5.51. The molecule has 0 fully saturated rings. The molecule has 0 aromatic heterocycles. The summed E-state index contributed by atoms with van der Waals surface area (Å²) in [6.45, 7) is 6.76. The largest absolute Gasteiger partial charge is 0.483 e. The van der Waals surface area contributed by atoms with Crippen LogP contribution >= 0.6 is 12.2 Å². The zero-order chi connectivity index (χ0) is 15.0. The molecule has 20 heavy (non-hydrogen) atoms. The Labute approximate surface area is 125 Å². The van der Waals surface area contributed by atoms with E-state index in [1.54, 1.807) is 0 Å². The Morgan fingerprint density at radius 2 is 2.10 bits per heavy atom. The highest BCUT2D eigenvalue weighted by Gasteiger charge is 2.07. The van der Waals surface area contributed by atoms with Gasteiger partial charge >= 0.3 is 0 Å². The van der Waals surface area contributed by atoms with E-state index < -0.39 is 0 Å². The number of hydrogen-bond donors (Lipinski definition) is 2. The van der Waals surface area contributed by atoms with Gasteiger partial charge in [0.1, 0.15) is 5.75 Å². The number of thiocarbonyl (C=S) groups is 1. The summed E-state index contributed by atoms with van der Waals surface area (Å²) in [6.07, 6.45) is 2.11. The Balaban J connectivity index is 2.36. The van der Waals surface area contributed by atoms with E-state index in [1.807, 2.05) is 32.0 Å². The Bertz CT molecular complexity index is 475. The minimum absolute atomic E-state index is 0.0418. The van der Waals surface area contributed by atoms with Crippen molar-refractivity contribution in [2.24, 2.45) is 0 Å². The van der Waals surface area contributed by atoms with Crippen molar-refractivity contribution in [1.29, 1.82) is 0 Å². The molecule has 0 bridgehead atoms. The second-order valence-electron chi connectivity index (χ2n) is 4.72. The molecular weight excluding hydrogens is 272 g/mol. The third-order valence-corrected chi connectivity index (χ3v) is 3.02. The lowest BCUT2D eigenvalue weighted by Crippen LogP contribution is -2.41. The number of rotatable bonds is 6. The quantitative estimate of drug-likeness (QED) is 0.625. The highest BCUT2D eigenvalue weighted by molar-refractivity contribution is 7.80. The van der Waals surface area contributed by atoms with Gasteiger partial charge in [0.15, 0.2) is 11.7 Å². The molecule has 1 aromatic rings. The number of ether oxygens (including phenoxy) is 1. The average Bonchev–Trinajstić information content (AvgIpc) is 2.40. The molecule has 0 heterocycles. The van der Waals surface area contributed by atoms with E-state index >= 15 is 0 Å². The summed E-state index contributed by atoms with van der Waals surface area (Å²) in [6, 6.07) is 5.90. The van der Waals surface area contributed by atoms with Crippen molar-refractivity contribution in [3.63, 3.8) is 0 Å². The Kier molecular flexibility index (Phi) is 7.01. The lowest BCUT2D eigenvalue weighted by atomic mass is 10.1. The fraction of sp³-hybridized carbons (Fsp3) is 0.467. The van der Waals surface area contributed by atoms with E-state index in [9.17, 15) is 4.79 Å². The molecule has 1 aromatic carbocycles. The van der Waals surface area contributed by atoms with Gasteiger partial charge in [0, 0.05) is 6.54 Å². The first-order valence-corrected chi connectivity index (χ1v) is 7.21. The predicted octanol–water partition coefficient (Wildman–Crippen LogP) is 2.47. The Morgan fingerprint density at radius 3 is 2.80 bits per heavy atom. The molecule has 0 saturated carbocycles. The molecule has 1 rings (SSSR count). The lowest BCUT2D eigenvalue weighted by Gasteiger charge is -2.11. The molecule has 0 radical (unpaired) electrons. The van der Waals surface area contributed by atoms with Crippen molar-refractivity contribution in [2.45, 2.75) is 33.6 Å². The highest BCUT2D eigenvalue weighted by atomic mass is 32.1. The van der Waals surface area contributed by atoms with Crippen molar-refractivity contribution >= 4 is 23.2 Å². The fourth-order valence-corrected chi connectivity index (χ4v) is 1.81. The van der Waals surface area contributed by atoms with Crippen molar-refractivity contribution in [1.82, 2.24) is 10.6 Å². The first-order chi connectivity index (χ1) is 9.52. The van der Waals surface area contributed by atoms with Crippen LogP contribution in [0.5, 0.6) is 5.75 Å². The van der Waals surface area contributed by atoms with Gasteiger partial charge in [0.2, 0.25) is 0 Å². The van der Waals surface area contributed by atoms with Crippen molar-refractivity contribution < 1.29 is 9.53 Å². The topological polar surface area (TPSA) is 50.4 Å². The van der Waals surface area contributed by atoms with Crippen LogP contribution in [0.2, 0.25) is 0 Å². The van der Waals surface area contributed by atoms with Crippen LogP contribution in [-0.4, -0.2) is 24.2 Å². The van der Waals surface area contributed by atoms with E-state index in [4.69, 9.17) is 17.0 Å². The smallest absolute Gasteiger partial charge is 0.264 e. The molecule has 0 unspecified atom stereocenters. The summed E-state index contributed by atoms with van der Waals surface area (Å²) in [5.41, 5.74) is 2.11. The Hall–Kier alpha value is -1.62. The first-order valence-electron chi connectivity index (χ1n) is 6.80. The summed E-state index contributed by atoms with van der Waals surface area (Å²) >= 11 is 5.02. The van der Waals surface area contributed by atoms with Crippen LogP contribution in [-0.2, 0) is 4.79 Å². The van der Waals surface area contributed by atoms with Gasteiger partial charge in [-0.3, -0.25) is 4.79 Å². The van der Waals surface area contributed by atoms with E-state index in [0.717, 1.165) is 36.3 Å². The monoisotopic (exact) mass is 294 g/mol. The highest BCUT2D eigenvalue weighted by Crippen LogP contribution is 2.18. The van der Waals surface area contributed by atoms with E-state index in [0.29, 0.717) is 5.11 Å². The number of nitrogens with one attached hydrogen (secondary N) is 2. The van der Waals surface area contributed by atoms with E-state index in [2.05, 4.69) is 17.6 Å². The maximum absolute atomic E-state index is 11.7. The molecule has 0 aliphatic heterocycles. The second kappa shape index (κ2) is 8.53. The second-order valence-corrected chi connectivity index (χ2v) is 5.12. The molecule has 0 aliphatic rings. The van der Waals surface area contributed by atoms with Gasteiger partial charge in [-0.05, 0) is 49.7 Å². The predicted molar refractivity (Wildman–Crippen MR) is 85.1 cm³/mol. The molecule has 0 aliphatic carbocycles. The zero-order valence-electron chi connectivity index (χ0n) is 12.3. The lowest BCUT2D eigenvalue weighted by molar-refractivity contribution is -0.121. The Morgan fingerprint density at radius 1 is 1.35 bits per heavy atom. The number of unbranched alkanes of at least 4 members (excludes halogenated alkanes) is 1. The van der Waals surface area contributed by atoms with Crippen LogP contribution in [0.4, 0.5) is 0 Å². The standard InChI is InChI=1S/C15H22N2O2S/c1-4-5-8-16-15(20)17-14(18)10-19-13-9-11(2)6-7-12(13)3/h6-7,9H,4-5,8,10H2,1-3H3,(H2,16,17,18,20). The minimum Gasteiger partial charge on any atom is -0.483 e. The van der Waals surface area contributed by atoms with Crippen LogP contribution in [0, 0.1) is 13.8 Å². The van der Waals surface area contributed by atoms with Crippen molar-refractivity contribution in [3.05, 3.63) is 29.3 Å². The fourth-order valence-electron chi connectivity index (χ4n) is 1.59. The van der Waals surface area contributed by atoms with Crippen LogP contribution in [0.25, 0.3) is 0 Å². The van der Waals surface area contributed by atoms with Crippen LogP contribution < -0.4 is 15.4 Å². The van der Waals surface area contributed by atoms with Gasteiger partial charge in [0.25, 0.3) is 5.91 Å². The van der Waals surface area contributed by atoms with Gasteiger partial charge in [-0.25, -0.2) is 0 Å². The number of carbonyl (C=O) groups is 1. The molecule has 2 N–H and O–H groups in total. The maximum Gasteiger partial charge on any atom is 0.264 e. The first kappa shape index (κ1) is 16.4. The minimum atomic E-state index is -0.250. The SMILES string of the molecule is CCCCNC(=S)NC(=O)COc1cc(C)ccc1C. The third-order valence-electron chi connectivity index (χ3n) is 2.77.